The summed E-state index contributed by atoms with van der Waals surface area (Å²) in [6.07, 6.45) is 0.601. The van der Waals surface area contributed by atoms with Crippen LogP contribution in [0.25, 0.3) is 0 Å². The molecule has 0 spiro atoms. The van der Waals surface area contributed by atoms with Crippen molar-refractivity contribution in [2.45, 2.75) is 26.1 Å². The van der Waals surface area contributed by atoms with Crippen LogP contribution >= 0.6 is 11.3 Å². The van der Waals surface area contributed by atoms with Gasteiger partial charge in [0.1, 0.15) is 6.10 Å². The zero-order valence-electron chi connectivity index (χ0n) is 8.04. The van der Waals surface area contributed by atoms with Crippen molar-refractivity contribution in [3.63, 3.8) is 0 Å². The van der Waals surface area contributed by atoms with E-state index >= 15 is 0 Å². The van der Waals surface area contributed by atoms with Crippen molar-refractivity contribution in [1.82, 2.24) is 5.32 Å². The van der Waals surface area contributed by atoms with Crippen molar-refractivity contribution in [1.29, 1.82) is 0 Å². The van der Waals surface area contributed by atoms with Crippen LogP contribution in [-0.2, 0) is 4.74 Å². The summed E-state index contributed by atoms with van der Waals surface area (Å²) in [5, 5.41) is 5.51. The number of nitrogens with one attached hydrogen (secondary N) is 1. The molecule has 0 bridgehead atoms. The molecule has 0 radical (unpaired) electrons. The van der Waals surface area contributed by atoms with Crippen LogP contribution in [0.15, 0.2) is 11.4 Å². The minimum Gasteiger partial charge on any atom is -0.367 e. The smallest absolute Gasteiger partial charge is 0.105 e. The maximum atomic E-state index is 5.86. The maximum absolute atomic E-state index is 5.86. The fourth-order valence-corrected chi connectivity index (χ4v) is 2.63. The molecule has 13 heavy (non-hydrogen) atoms. The molecule has 0 aliphatic carbocycles. The van der Waals surface area contributed by atoms with Gasteiger partial charge >= 0.3 is 0 Å². The van der Waals surface area contributed by atoms with Crippen molar-refractivity contribution in [3.8, 4) is 0 Å². The average molecular weight is 197 g/mol. The Bertz CT molecular complexity index is 284. The summed E-state index contributed by atoms with van der Waals surface area (Å²) >= 11 is 1.79. The van der Waals surface area contributed by atoms with Crippen molar-refractivity contribution < 1.29 is 4.74 Å². The molecule has 0 amide bonds. The second-order valence-electron chi connectivity index (χ2n) is 3.56. The molecule has 2 nitrogen and oxygen atoms in total. The third kappa shape index (κ3) is 1.93. The van der Waals surface area contributed by atoms with E-state index in [0.29, 0.717) is 6.10 Å². The van der Waals surface area contributed by atoms with Gasteiger partial charge in [-0.15, -0.1) is 11.3 Å². The van der Waals surface area contributed by atoms with E-state index in [-0.39, 0.29) is 6.10 Å². The molecule has 1 aliphatic heterocycles. The minimum absolute atomic E-state index is 0.267. The Kier molecular flexibility index (Phi) is 2.67. The van der Waals surface area contributed by atoms with Crippen LogP contribution in [0, 0.1) is 6.92 Å². The lowest BCUT2D eigenvalue weighted by Gasteiger charge is -2.28. The Balaban J connectivity index is 2.12. The average Bonchev–Trinajstić information content (AvgIpc) is 2.51. The summed E-state index contributed by atoms with van der Waals surface area (Å²) in [5.74, 6) is 0. The van der Waals surface area contributed by atoms with Gasteiger partial charge in [0.15, 0.2) is 0 Å². The molecule has 0 saturated carbocycles. The molecule has 2 unspecified atom stereocenters. The van der Waals surface area contributed by atoms with E-state index in [2.05, 4.69) is 30.6 Å². The summed E-state index contributed by atoms with van der Waals surface area (Å²) in [6, 6.07) is 2.16. The molecule has 2 atom stereocenters. The largest absolute Gasteiger partial charge is 0.367 e. The molecule has 0 aromatic carbocycles. The van der Waals surface area contributed by atoms with Crippen molar-refractivity contribution in [2.24, 2.45) is 0 Å². The summed E-state index contributed by atoms with van der Waals surface area (Å²) in [7, 11) is 0. The molecule has 1 aliphatic rings. The number of rotatable bonds is 1. The Hall–Kier alpha value is -0.380. The van der Waals surface area contributed by atoms with E-state index in [1.54, 1.807) is 11.3 Å². The SMILES string of the molecule is Cc1ccsc1C1CNCC(C)O1. The molecule has 1 saturated heterocycles. The first-order valence-electron chi connectivity index (χ1n) is 4.67. The fourth-order valence-electron chi connectivity index (χ4n) is 1.66. The lowest BCUT2D eigenvalue weighted by molar-refractivity contribution is -0.0271. The van der Waals surface area contributed by atoms with Crippen LogP contribution in [0.2, 0.25) is 0 Å². The first-order chi connectivity index (χ1) is 6.27. The van der Waals surface area contributed by atoms with Gasteiger partial charge in [-0.3, -0.25) is 0 Å². The second-order valence-corrected chi connectivity index (χ2v) is 4.51. The number of thiophene rings is 1. The zero-order chi connectivity index (χ0) is 9.26. The van der Waals surface area contributed by atoms with Crippen molar-refractivity contribution in [3.05, 3.63) is 21.9 Å². The molecule has 1 fully saturated rings. The van der Waals surface area contributed by atoms with Gasteiger partial charge in [0, 0.05) is 18.0 Å². The van der Waals surface area contributed by atoms with Gasteiger partial charge in [0.05, 0.1) is 6.10 Å². The van der Waals surface area contributed by atoms with E-state index in [0.717, 1.165) is 13.1 Å². The molecule has 72 valence electrons. The summed E-state index contributed by atoms with van der Waals surface area (Å²) in [5.41, 5.74) is 1.35. The third-order valence-corrected chi connectivity index (χ3v) is 3.46. The second kappa shape index (κ2) is 3.78. The van der Waals surface area contributed by atoms with Crippen LogP contribution in [-0.4, -0.2) is 19.2 Å². The molecule has 3 heteroatoms. The van der Waals surface area contributed by atoms with E-state index in [1.807, 2.05) is 0 Å². The number of hydrogen-bond donors (Lipinski definition) is 1. The first-order valence-corrected chi connectivity index (χ1v) is 5.55. The highest BCUT2D eigenvalue weighted by molar-refractivity contribution is 7.10. The Morgan fingerprint density at radius 1 is 1.54 bits per heavy atom. The summed E-state index contributed by atoms with van der Waals surface area (Å²) < 4.78 is 5.86. The quantitative estimate of drug-likeness (QED) is 0.744. The highest BCUT2D eigenvalue weighted by atomic mass is 32.1. The standard InChI is InChI=1S/C10H15NOS/c1-7-3-4-13-10(7)9-6-11-5-8(2)12-9/h3-4,8-9,11H,5-6H2,1-2H3. The predicted octanol–water partition coefficient (Wildman–Crippen LogP) is 2.11. The Labute approximate surface area is 82.9 Å². The molecule has 1 aromatic rings. The van der Waals surface area contributed by atoms with Crippen molar-refractivity contribution >= 4 is 11.3 Å². The van der Waals surface area contributed by atoms with Crippen LogP contribution in [0.3, 0.4) is 0 Å². The molecule has 1 N–H and O–H groups in total. The lowest BCUT2D eigenvalue weighted by Crippen LogP contribution is -2.38. The normalized spacial score (nSPS) is 29.1. The van der Waals surface area contributed by atoms with Gasteiger partial charge in [0.25, 0.3) is 0 Å². The van der Waals surface area contributed by atoms with E-state index < -0.39 is 0 Å². The van der Waals surface area contributed by atoms with Gasteiger partial charge in [0.2, 0.25) is 0 Å². The van der Waals surface area contributed by atoms with Gasteiger partial charge in [-0.2, -0.15) is 0 Å². The minimum atomic E-state index is 0.267. The Morgan fingerprint density at radius 3 is 3.00 bits per heavy atom. The van der Waals surface area contributed by atoms with Gasteiger partial charge in [-0.1, -0.05) is 0 Å². The molecule has 2 rings (SSSR count). The maximum Gasteiger partial charge on any atom is 0.105 e. The van der Waals surface area contributed by atoms with Crippen LogP contribution < -0.4 is 5.32 Å². The summed E-state index contributed by atoms with van der Waals surface area (Å²) in [4.78, 5) is 1.37. The Morgan fingerprint density at radius 2 is 2.38 bits per heavy atom. The lowest BCUT2D eigenvalue weighted by atomic mass is 10.1. The number of morpholine rings is 1. The molecular formula is C10H15NOS. The van der Waals surface area contributed by atoms with Crippen LogP contribution in [0.4, 0.5) is 0 Å². The molecule has 2 heterocycles. The van der Waals surface area contributed by atoms with Gasteiger partial charge in [-0.25, -0.2) is 0 Å². The monoisotopic (exact) mass is 197 g/mol. The van der Waals surface area contributed by atoms with Gasteiger partial charge < -0.3 is 10.1 Å². The number of hydrogen-bond acceptors (Lipinski definition) is 3. The molecular weight excluding hydrogens is 182 g/mol. The van der Waals surface area contributed by atoms with Crippen LogP contribution in [0.1, 0.15) is 23.5 Å². The number of aryl methyl sites for hydroxylation is 1. The van der Waals surface area contributed by atoms with E-state index in [4.69, 9.17) is 4.74 Å². The van der Waals surface area contributed by atoms with Crippen LogP contribution in [0.5, 0.6) is 0 Å². The predicted molar refractivity (Wildman–Crippen MR) is 55.2 cm³/mol. The van der Waals surface area contributed by atoms with E-state index in [9.17, 15) is 0 Å². The van der Waals surface area contributed by atoms with E-state index in [1.165, 1.54) is 10.4 Å². The highest BCUT2D eigenvalue weighted by Crippen LogP contribution is 2.28. The van der Waals surface area contributed by atoms with Gasteiger partial charge in [-0.05, 0) is 30.9 Å². The highest BCUT2D eigenvalue weighted by Gasteiger charge is 2.22. The summed E-state index contributed by atoms with van der Waals surface area (Å²) in [6.45, 7) is 6.18. The first kappa shape index (κ1) is 9.19. The fraction of sp³-hybridized carbons (Fsp3) is 0.600. The topological polar surface area (TPSA) is 21.3 Å². The number of ether oxygens (including phenoxy) is 1. The third-order valence-electron chi connectivity index (χ3n) is 2.35. The zero-order valence-corrected chi connectivity index (χ0v) is 8.86. The van der Waals surface area contributed by atoms with Crippen molar-refractivity contribution in [2.75, 3.05) is 13.1 Å². The molecule has 1 aromatic heterocycles.